The molecule has 2 rings (SSSR count). The van der Waals surface area contributed by atoms with Gasteiger partial charge in [0.15, 0.2) is 0 Å². The normalized spacial score (nSPS) is 19.4. The summed E-state index contributed by atoms with van der Waals surface area (Å²) in [5, 5.41) is 10.8. The first-order chi connectivity index (χ1) is 9.20. The van der Waals surface area contributed by atoms with E-state index in [1.807, 2.05) is 6.07 Å². The number of hydrogen-bond donors (Lipinski definition) is 1. The number of likely N-dealkylation sites (tertiary alicyclic amines) is 1. The van der Waals surface area contributed by atoms with Gasteiger partial charge in [-0.2, -0.15) is 0 Å². The minimum Gasteiger partial charge on any atom is -0.330 e. The Balaban J connectivity index is 0.00000200. The van der Waals surface area contributed by atoms with Crippen LogP contribution in [0.15, 0.2) is 24.3 Å². The van der Waals surface area contributed by atoms with Crippen LogP contribution >= 0.6 is 12.4 Å². The molecule has 1 aliphatic heterocycles. The summed E-state index contributed by atoms with van der Waals surface area (Å²) in [6.45, 7) is 2.55. The molecule has 6 heteroatoms. The van der Waals surface area contributed by atoms with E-state index in [1.165, 1.54) is 25.3 Å². The summed E-state index contributed by atoms with van der Waals surface area (Å²) >= 11 is 0. The Hall–Kier alpha value is -1.17. The number of benzene rings is 1. The van der Waals surface area contributed by atoms with E-state index in [0.717, 1.165) is 25.1 Å². The summed E-state index contributed by atoms with van der Waals surface area (Å²) in [5.41, 5.74) is 6.85. The third-order valence-corrected chi connectivity index (χ3v) is 3.76. The van der Waals surface area contributed by atoms with Crippen LogP contribution in [0.2, 0.25) is 0 Å². The molecule has 0 aliphatic carbocycles. The number of halogens is 1. The Kier molecular flexibility index (Phi) is 6.91. The standard InChI is InChI=1S/C14H21N3O2.ClH/c15-8-7-13-5-1-2-9-16(13)11-12-4-3-6-14(10-12)17(18)19;/h3-4,6,10,13H,1-2,5,7-9,11,15H2;1H. The van der Waals surface area contributed by atoms with Crippen molar-refractivity contribution in [2.75, 3.05) is 13.1 Å². The van der Waals surface area contributed by atoms with Gasteiger partial charge in [0.05, 0.1) is 4.92 Å². The molecule has 0 bridgehead atoms. The summed E-state index contributed by atoms with van der Waals surface area (Å²) in [6, 6.07) is 7.46. The van der Waals surface area contributed by atoms with Gasteiger partial charge in [-0.05, 0) is 37.9 Å². The van der Waals surface area contributed by atoms with E-state index in [9.17, 15) is 10.1 Å². The van der Waals surface area contributed by atoms with E-state index in [4.69, 9.17) is 5.73 Å². The van der Waals surface area contributed by atoms with Gasteiger partial charge in [-0.15, -0.1) is 12.4 Å². The number of piperidine rings is 1. The molecule has 20 heavy (non-hydrogen) atoms. The molecular weight excluding hydrogens is 278 g/mol. The average Bonchev–Trinajstić information content (AvgIpc) is 2.41. The largest absolute Gasteiger partial charge is 0.330 e. The summed E-state index contributed by atoms with van der Waals surface area (Å²) < 4.78 is 0. The third kappa shape index (κ3) is 4.44. The molecule has 0 saturated carbocycles. The van der Waals surface area contributed by atoms with Gasteiger partial charge in [0.25, 0.3) is 5.69 Å². The predicted molar refractivity (Wildman–Crippen MR) is 82.1 cm³/mol. The molecule has 112 valence electrons. The number of non-ortho nitro benzene ring substituents is 1. The second-order valence-corrected chi connectivity index (χ2v) is 5.12. The lowest BCUT2D eigenvalue weighted by Crippen LogP contribution is -2.40. The van der Waals surface area contributed by atoms with Crippen LogP contribution in [0.25, 0.3) is 0 Å². The van der Waals surface area contributed by atoms with Crippen LogP contribution in [0.5, 0.6) is 0 Å². The molecule has 0 aromatic heterocycles. The number of rotatable bonds is 5. The maximum Gasteiger partial charge on any atom is 0.269 e. The first-order valence-corrected chi connectivity index (χ1v) is 6.88. The Labute approximate surface area is 125 Å². The van der Waals surface area contributed by atoms with Crippen molar-refractivity contribution in [3.8, 4) is 0 Å². The highest BCUT2D eigenvalue weighted by Crippen LogP contribution is 2.23. The van der Waals surface area contributed by atoms with Gasteiger partial charge in [-0.1, -0.05) is 18.6 Å². The van der Waals surface area contributed by atoms with Crippen LogP contribution in [0.1, 0.15) is 31.2 Å². The summed E-state index contributed by atoms with van der Waals surface area (Å²) in [6.07, 6.45) is 4.66. The lowest BCUT2D eigenvalue weighted by atomic mass is 9.98. The fourth-order valence-electron chi connectivity index (χ4n) is 2.79. The first-order valence-electron chi connectivity index (χ1n) is 6.88. The highest BCUT2D eigenvalue weighted by molar-refractivity contribution is 5.85. The second kappa shape index (κ2) is 8.19. The highest BCUT2D eigenvalue weighted by atomic mass is 35.5. The molecule has 1 aromatic carbocycles. The van der Waals surface area contributed by atoms with Crippen LogP contribution in [0, 0.1) is 10.1 Å². The summed E-state index contributed by atoms with van der Waals surface area (Å²) in [7, 11) is 0. The zero-order chi connectivity index (χ0) is 13.7. The molecule has 0 spiro atoms. The van der Waals surface area contributed by atoms with Crippen LogP contribution < -0.4 is 5.73 Å². The molecule has 1 heterocycles. The van der Waals surface area contributed by atoms with E-state index in [-0.39, 0.29) is 23.0 Å². The number of nitro groups is 1. The van der Waals surface area contributed by atoms with Crippen molar-refractivity contribution in [1.82, 2.24) is 4.90 Å². The molecule has 1 atom stereocenters. The number of nitro benzene ring substituents is 1. The van der Waals surface area contributed by atoms with Gasteiger partial charge in [0.1, 0.15) is 0 Å². The number of hydrogen-bond acceptors (Lipinski definition) is 4. The van der Waals surface area contributed by atoms with Crippen molar-refractivity contribution >= 4 is 18.1 Å². The molecule has 5 nitrogen and oxygen atoms in total. The zero-order valence-electron chi connectivity index (χ0n) is 11.5. The maximum absolute atomic E-state index is 10.8. The van der Waals surface area contributed by atoms with Crippen molar-refractivity contribution in [3.05, 3.63) is 39.9 Å². The van der Waals surface area contributed by atoms with Crippen molar-refractivity contribution in [1.29, 1.82) is 0 Å². The minimum absolute atomic E-state index is 0. The molecule has 2 N–H and O–H groups in total. The third-order valence-electron chi connectivity index (χ3n) is 3.76. The monoisotopic (exact) mass is 299 g/mol. The molecule has 1 aromatic rings. The van der Waals surface area contributed by atoms with Crippen molar-refractivity contribution in [2.24, 2.45) is 5.73 Å². The van der Waals surface area contributed by atoms with E-state index in [2.05, 4.69) is 4.90 Å². The van der Waals surface area contributed by atoms with E-state index < -0.39 is 0 Å². The fourth-order valence-corrected chi connectivity index (χ4v) is 2.79. The molecule has 1 unspecified atom stereocenters. The average molecular weight is 300 g/mol. The summed E-state index contributed by atoms with van der Waals surface area (Å²) in [5.74, 6) is 0. The van der Waals surface area contributed by atoms with Gasteiger partial charge in [0, 0.05) is 24.7 Å². The zero-order valence-corrected chi connectivity index (χ0v) is 12.3. The first kappa shape index (κ1) is 16.9. The van der Waals surface area contributed by atoms with E-state index >= 15 is 0 Å². The Morgan fingerprint density at radius 1 is 1.40 bits per heavy atom. The van der Waals surface area contributed by atoms with Gasteiger partial charge in [-0.25, -0.2) is 0 Å². The highest BCUT2D eigenvalue weighted by Gasteiger charge is 2.22. The lowest BCUT2D eigenvalue weighted by molar-refractivity contribution is -0.384. The molecular formula is C14H22ClN3O2. The molecule has 0 radical (unpaired) electrons. The number of nitrogens with zero attached hydrogens (tertiary/aromatic N) is 2. The predicted octanol–water partition coefficient (Wildman–Crippen LogP) is 2.72. The molecule has 1 saturated heterocycles. The van der Waals surface area contributed by atoms with Crippen LogP contribution in [0.4, 0.5) is 5.69 Å². The van der Waals surface area contributed by atoms with Crippen LogP contribution in [-0.4, -0.2) is 29.0 Å². The SMILES string of the molecule is Cl.NCCC1CCCCN1Cc1cccc([N+](=O)[O-])c1. The van der Waals surface area contributed by atoms with Gasteiger partial charge in [-0.3, -0.25) is 15.0 Å². The molecule has 1 aliphatic rings. The van der Waals surface area contributed by atoms with Crippen molar-refractivity contribution in [2.45, 2.75) is 38.3 Å². The van der Waals surface area contributed by atoms with Crippen LogP contribution in [-0.2, 0) is 6.54 Å². The lowest BCUT2D eigenvalue weighted by Gasteiger charge is -2.35. The van der Waals surface area contributed by atoms with Gasteiger partial charge in [0.2, 0.25) is 0 Å². The van der Waals surface area contributed by atoms with Crippen LogP contribution in [0.3, 0.4) is 0 Å². The maximum atomic E-state index is 10.8. The quantitative estimate of drug-likeness (QED) is 0.670. The van der Waals surface area contributed by atoms with Crippen molar-refractivity contribution < 1.29 is 4.92 Å². The fraction of sp³-hybridized carbons (Fsp3) is 0.571. The van der Waals surface area contributed by atoms with Gasteiger partial charge >= 0.3 is 0 Å². The van der Waals surface area contributed by atoms with Crippen molar-refractivity contribution in [3.63, 3.8) is 0 Å². The minimum atomic E-state index is -0.336. The molecule has 0 amide bonds. The second-order valence-electron chi connectivity index (χ2n) is 5.12. The van der Waals surface area contributed by atoms with Gasteiger partial charge < -0.3 is 5.73 Å². The number of nitrogens with two attached hydrogens (primary N) is 1. The van der Waals surface area contributed by atoms with E-state index in [0.29, 0.717) is 12.6 Å². The Bertz CT molecular complexity index is 440. The summed E-state index contributed by atoms with van der Waals surface area (Å²) in [4.78, 5) is 12.9. The van der Waals surface area contributed by atoms with E-state index in [1.54, 1.807) is 12.1 Å². The topological polar surface area (TPSA) is 72.4 Å². The smallest absolute Gasteiger partial charge is 0.269 e. The molecule has 1 fully saturated rings. The Morgan fingerprint density at radius 2 is 2.20 bits per heavy atom. The Morgan fingerprint density at radius 3 is 2.90 bits per heavy atom.